The molecule has 0 spiro atoms. The van der Waals surface area contributed by atoms with Gasteiger partial charge >= 0.3 is 5.97 Å². The molecule has 30 heavy (non-hydrogen) atoms. The van der Waals surface area contributed by atoms with Gasteiger partial charge in [0.05, 0.1) is 18.8 Å². The van der Waals surface area contributed by atoms with E-state index in [4.69, 9.17) is 4.74 Å². The Morgan fingerprint density at radius 3 is 2.17 bits per heavy atom. The molecule has 168 valence electrons. The van der Waals surface area contributed by atoms with Crippen molar-refractivity contribution in [1.29, 1.82) is 0 Å². The number of rotatable bonds is 9. The molecule has 1 aromatic rings. The first kappa shape index (κ1) is 24.2. The SMILES string of the molecule is O=C(O)[C@H](Cc1ccccc1)NC(=O)[C@@H](O)[C@H](O)C[C@H]1O[C@H](CO)[C@@H](O)[C@H](O)[C@@H]1O. The Balaban J connectivity index is 1.97. The monoisotopic (exact) mass is 429 g/mol. The number of aliphatic hydroxyl groups is 6. The van der Waals surface area contributed by atoms with E-state index in [-0.39, 0.29) is 6.42 Å². The predicted molar refractivity (Wildman–Crippen MR) is 100 cm³/mol. The fourth-order valence-electron chi connectivity index (χ4n) is 3.22. The van der Waals surface area contributed by atoms with Gasteiger partial charge in [-0.25, -0.2) is 4.79 Å². The summed E-state index contributed by atoms with van der Waals surface area (Å²) in [5.41, 5.74) is 0.640. The molecule has 1 aliphatic heterocycles. The number of aliphatic carboxylic acids is 1. The van der Waals surface area contributed by atoms with Crippen LogP contribution >= 0.6 is 0 Å². The number of aliphatic hydroxyl groups excluding tert-OH is 6. The number of carbonyl (C=O) groups excluding carboxylic acids is 1. The third kappa shape index (κ3) is 5.95. The van der Waals surface area contributed by atoms with Gasteiger partial charge in [0, 0.05) is 12.8 Å². The number of hydrogen-bond donors (Lipinski definition) is 8. The summed E-state index contributed by atoms with van der Waals surface area (Å²) < 4.78 is 5.22. The minimum Gasteiger partial charge on any atom is -0.480 e. The van der Waals surface area contributed by atoms with Gasteiger partial charge in [0.2, 0.25) is 0 Å². The number of carboxylic acids is 1. The van der Waals surface area contributed by atoms with Crippen LogP contribution in [0.15, 0.2) is 30.3 Å². The highest BCUT2D eigenvalue weighted by Gasteiger charge is 2.44. The van der Waals surface area contributed by atoms with E-state index in [1.165, 1.54) is 0 Å². The summed E-state index contributed by atoms with van der Waals surface area (Å²) in [6.07, 6.45) is -11.8. The normalized spacial score (nSPS) is 29.6. The molecule has 11 nitrogen and oxygen atoms in total. The van der Waals surface area contributed by atoms with Crippen molar-refractivity contribution in [2.45, 2.75) is 61.6 Å². The number of amides is 1. The molecule has 1 aliphatic rings. The zero-order valence-corrected chi connectivity index (χ0v) is 16.0. The molecule has 0 bridgehead atoms. The molecule has 0 unspecified atom stereocenters. The lowest BCUT2D eigenvalue weighted by atomic mass is 9.91. The van der Waals surface area contributed by atoms with E-state index in [1.807, 2.05) is 0 Å². The van der Waals surface area contributed by atoms with Crippen LogP contribution in [0.1, 0.15) is 12.0 Å². The highest BCUT2D eigenvalue weighted by Crippen LogP contribution is 2.24. The molecule has 0 aliphatic carbocycles. The third-order valence-electron chi connectivity index (χ3n) is 5.00. The van der Waals surface area contributed by atoms with Crippen LogP contribution in [0.2, 0.25) is 0 Å². The zero-order chi connectivity index (χ0) is 22.4. The second kappa shape index (κ2) is 10.8. The molecule has 2 rings (SSSR count). The number of benzene rings is 1. The summed E-state index contributed by atoms with van der Waals surface area (Å²) >= 11 is 0. The van der Waals surface area contributed by atoms with Gasteiger partial charge in [0.1, 0.15) is 30.5 Å². The Labute approximate surface area is 172 Å². The van der Waals surface area contributed by atoms with Gasteiger partial charge in [-0.3, -0.25) is 4.79 Å². The Morgan fingerprint density at radius 1 is 1.00 bits per heavy atom. The highest BCUT2D eigenvalue weighted by atomic mass is 16.5. The van der Waals surface area contributed by atoms with E-state index < -0.39 is 73.7 Å². The lowest BCUT2D eigenvalue weighted by Gasteiger charge is -2.41. The minimum atomic E-state index is -2.05. The number of ether oxygens (including phenoxy) is 1. The van der Waals surface area contributed by atoms with Gasteiger partial charge in [0.25, 0.3) is 5.91 Å². The average molecular weight is 429 g/mol. The Morgan fingerprint density at radius 2 is 1.60 bits per heavy atom. The lowest BCUT2D eigenvalue weighted by molar-refractivity contribution is -0.236. The first-order chi connectivity index (χ1) is 14.1. The van der Waals surface area contributed by atoms with Crippen molar-refractivity contribution in [2.24, 2.45) is 0 Å². The number of hydrogen-bond acceptors (Lipinski definition) is 9. The molecule has 1 aromatic carbocycles. The summed E-state index contributed by atoms with van der Waals surface area (Å²) in [7, 11) is 0. The van der Waals surface area contributed by atoms with E-state index in [2.05, 4.69) is 5.32 Å². The van der Waals surface area contributed by atoms with E-state index in [0.29, 0.717) is 5.56 Å². The van der Waals surface area contributed by atoms with Gasteiger partial charge in [-0.1, -0.05) is 30.3 Å². The fourth-order valence-corrected chi connectivity index (χ4v) is 3.22. The van der Waals surface area contributed by atoms with Crippen LogP contribution in [-0.2, 0) is 20.7 Å². The lowest BCUT2D eigenvalue weighted by Crippen LogP contribution is -2.59. The van der Waals surface area contributed by atoms with Crippen molar-refractivity contribution in [3.8, 4) is 0 Å². The molecule has 1 amide bonds. The molecule has 1 heterocycles. The smallest absolute Gasteiger partial charge is 0.326 e. The largest absolute Gasteiger partial charge is 0.480 e. The molecule has 1 saturated heterocycles. The van der Waals surface area contributed by atoms with Crippen molar-refractivity contribution in [3.63, 3.8) is 0 Å². The Kier molecular flexibility index (Phi) is 8.67. The van der Waals surface area contributed by atoms with Crippen LogP contribution in [0.25, 0.3) is 0 Å². The molecule has 0 saturated carbocycles. The number of nitrogens with one attached hydrogen (secondary N) is 1. The van der Waals surface area contributed by atoms with Crippen LogP contribution < -0.4 is 5.32 Å². The molecule has 1 fully saturated rings. The topological polar surface area (TPSA) is 197 Å². The van der Waals surface area contributed by atoms with Crippen molar-refractivity contribution in [2.75, 3.05) is 6.61 Å². The summed E-state index contributed by atoms with van der Waals surface area (Å²) in [5, 5.41) is 70.4. The second-order valence-electron chi connectivity index (χ2n) is 7.20. The van der Waals surface area contributed by atoms with Gasteiger partial charge in [-0.05, 0) is 5.56 Å². The molecule has 0 radical (unpaired) electrons. The maximum atomic E-state index is 12.2. The van der Waals surface area contributed by atoms with Crippen LogP contribution in [0.3, 0.4) is 0 Å². The average Bonchev–Trinajstić information content (AvgIpc) is 2.73. The fraction of sp³-hybridized carbons (Fsp3) is 0.579. The molecule has 11 heteroatoms. The molecular weight excluding hydrogens is 402 g/mol. The maximum Gasteiger partial charge on any atom is 0.326 e. The van der Waals surface area contributed by atoms with Gasteiger partial charge in [-0.2, -0.15) is 0 Å². The summed E-state index contributed by atoms with van der Waals surface area (Å²) in [4.78, 5) is 23.7. The Bertz CT molecular complexity index is 700. The van der Waals surface area contributed by atoms with Crippen molar-refractivity contribution in [3.05, 3.63) is 35.9 Å². The minimum absolute atomic E-state index is 0.0442. The van der Waals surface area contributed by atoms with E-state index in [9.17, 15) is 45.3 Å². The highest BCUT2D eigenvalue weighted by molar-refractivity contribution is 5.86. The number of carbonyl (C=O) groups is 2. The summed E-state index contributed by atoms with van der Waals surface area (Å²) in [6.45, 7) is -0.666. The molecule has 8 N–H and O–H groups in total. The molecule has 0 aromatic heterocycles. The van der Waals surface area contributed by atoms with Crippen LogP contribution in [0.4, 0.5) is 0 Å². The van der Waals surface area contributed by atoms with Gasteiger partial charge in [-0.15, -0.1) is 0 Å². The van der Waals surface area contributed by atoms with E-state index >= 15 is 0 Å². The van der Waals surface area contributed by atoms with Gasteiger partial charge in [0.15, 0.2) is 6.10 Å². The summed E-state index contributed by atoms with van der Waals surface area (Å²) in [6, 6.07) is 7.15. The zero-order valence-electron chi connectivity index (χ0n) is 16.0. The predicted octanol–water partition coefficient (Wildman–Crippen LogP) is -3.25. The van der Waals surface area contributed by atoms with Crippen molar-refractivity contribution >= 4 is 11.9 Å². The number of carboxylic acid groups (broad SMARTS) is 1. The standard InChI is InChI=1S/C19H27NO10/c21-8-13-16(25)17(26)15(24)12(30-13)7-11(22)14(23)18(27)20-10(19(28)29)6-9-4-2-1-3-5-9/h1-5,10-17,21-26H,6-8H2,(H,20,27)(H,28,29)/t10-,11+,12+,13+,14-,15+,16+,17+/m0/s1. The van der Waals surface area contributed by atoms with Crippen LogP contribution in [0.5, 0.6) is 0 Å². The van der Waals surface area contributed by atoms with Gasteiger partial charge < -0.3 is 45.8 Å². The van der Waals surface area contributed by atoms with Crippen LogP contribution in [-0.4, -0.2) is 103 Å². The quantitative estimate of drug-likeness (QED) is 0.197. The maximum absolute atomic E-state index is 12.2. The molecule has 8 atom stereocenters. The Hall–Kier alpha value is -2.12. The first-order valence-corrected chi connectivity index (χ1v) is 9.39. The van der Waals surface area contributed by atoms with E-state index in [0.717, 1.165) is 0 Å². The second-order valence-corrected chi connectivity index (χ2v) is 7.20. The molecular formula is C19H27NO10. The summed E-state index contributed by atoms with van der Waals surface area (Å²) in [5.74, 6) is -2.47. The third-order valence-corrected chi connectivity index (χ3v) is 5.00. The van der Waals surface area contributed by atoms with E-state index in [1.54, 1.807) is 30.3 Å². The van der Waals surface area contributed by atoms with Crippen molar-refractivity contribution < 1.29 is 50.1 Å². The van der Waals surface area contributed by atoms with Crippen LogP contribution in [0, 0.1) is 0 Å². The van der Waals surface area contributed by atoms with Crippen molar-refractivity contribution in [1.82, 2.24) is 5.32 Å². The first-order valence-electron chi connectivity index (χ1n) is 9.39.